The summed E-state index contributed by atoms with van der Waals surface area (Å²) in [6.07, 6.45) is 0. The molecule has 0 radical (unpaired) electrons. The van der Waals surface area contributed by atoms with Crippen LogP contribution in [0.1, 0.15) is 81.8 Å². The van der Waals surface area contributed by atoms with Gasteiger partial charge in [0.2, 0.25) is 0 Å². The van der Waals surface area contributed by atoms with Crippen molar-refractivity contribution in [2.75, 3.05) is 0 Å². The van der Waals surface area contributed by atoms with Gasteiger partial charge in [0.05, 0.1) is 0 Å². The van der Waals surface area contributed by atoms with Gasteiger partial charge in [-0.25, -0.2) is 0 Å². The van der Waals surface area contributed by atoms with E-state index in [-0.39, 0.29) is 54.0 Å². The van der Waals surface area contributed by atoms with Crippen LogP contribution in [0, 0.1) is 27.7 Å². The molecule has 33 heavy (non-hydrogen) atoms. The SMILES string of the molecule is CC(=O)Oc1c(C(C)(C)C)cc(C)c(C)c1-c1c(C)c(C)cc(C(C)(C)C)c1[O][Ti+3].[Cl-].[Cl-].[Cl-]. The Morgan fingerprint density at radius 3 is 1.36 bits per heavy atom. The number of halogens is 3. The molecular formula is C26H35Cl3O3Ti. The van der Waals surface area contributed by atoms with E-state index in [2.05, 4.69) is 81.4 Å². The van der Waals surface area contributed by atoms with Crippen LogP contribution >= 0.6 is 0 Å². The minimum absolute atomic E-state index is 0. The molecule has 0 amide bonds. The fraction of sp³-hybridized carbons (Fsp3) is 0.500. The first-order chi connectivity index (χ1) is 13.6. The van der Waals surface area contributed by atoms with Crippen molar-refractivity contribution in [3.63, 3.8) is 0 Å². The van der Waals surface area contributed by atoms with Gasteiger partial charge in [-0.15, -0.1) is 0 Å². The van der Waals surface area contributed by atoms with E-state index >= 15 is 0 Å². The topological polar surface area (TPSA) is 35.5 Å². The van der Waals surface area contributed by atoms with Crippen molar-refractivity contribution < 1.29 is 70.9 Å². The normalized spacial score (nSPS) is 11.1. The number of hydrogen-bond donors (Lipinski definition) is 0. The molecule has 0 saturated heterocycles. The molecule has 0 spiro atoms. The fourth-order valence-electron chi connectivity index (χ4n) is 3.86. The zero-order valence-corrected chi connectivity index (χ0v) is 25.3. The molecular weight excluding hydrogens is 515 g/mol. The molecule has 7 heteroatoms. The summed E-state index contributed by atoms with van der Waals surface area (Å²) >= 11 is 1.73. The molecule has 0 aromatic heterocycles. The molecule has 0 fully saturated rings. The van der Waals surface area contributed by atoms with Gasteiger partial charge in [-0.1, -0.05) is 0 Å². The van der Waals surface area contributed by atoms with Gasteiger partial charge >= 0.3 is 195 Å². The van der Waals surface area contributed by atoms with E-state index in [1.165, 1.54) is 18.1 Å². The van der Waals surface area contributed by atoms with E-state index in [1.807, 2.05) is 0 Å². The first-order valence-corrected chi connectivity index (χ1v) is 11.1. The summed E-state index contributed by atoms with van der Waals surface area (Å²) < 4.78 is 12.0. The Hall–Kier alpha value is -0.706. The van der Waals surface area contributed by atoms with Crippen LogP contribution in [0.3, 0.4) is 0 Å². The maximum Gasteiger partial charge on any atom is -1.00 e. The van der Waals surface area contributed by atoms with Crippen molar-refractivity contribution in [3.8, 4) is 22.6 Å². The molecule has 0 atom stereocenters. The molecule has 3 nitrogen and oxygen atoms in total. The van der Waals surface area contributed by atoms with E-state index in [0.29, 0.717) is 5.75 Å². The summed E-state index contributed by atoms with van der Waals surface area (Å²) in [7, 11) is 0. The Balaban J connectivity index is 0. The first-order valence-electron chi connectivity index (χ1n) is 10.4. The van der Waals surface area contributed by atoms with Crippen molar-refractivity contribution in [2.45, 2.75) is 87.0 Å². The predicted octanol–water partition coefficient (Wildman–Crippen LogP) is -2.04. The zero-order chi connectivity index (χ0) is 23.2. The van der Waals surface area contributed by atoms with E-state index in [0.717, 1.165) is 39.1 Å². The summed E-state index contributed by atoms with van der Waals surface area (Å²) in [4.78, 5) is 12.2. The van der Waals surface area contributed by atoms with Crippen molar-refractivity contribution in [1.82, 2.24) is 0 Å². The molecule has 2 aromatic rings. The van der Waals surface area contributed by atoms with Gasteiger partial charge in [0.1, 0.15) is 0 Å². The van der Waals surface area contributed by atoms with E-state index in [9.17, 15) is 4.79 Å². The average molecular weight is 550 g/mol. The van der Waals surface area contributed by atoms with Gasteiger partial charge in [0.25, 0.3) is 0 Å². The molecule has 0 heterocycles. The number of carbonyl (C=O) groups is 1. The van der Waals surface area contributed by atoms with E-state index in [1.54, 1.807) is 20.8 Å². The Morgan fingerprint density at radius 1 is 0.727 bits per heavy atom. The second-order valence-electron chi connectivity index (χ2n) is 10.3. The Bertz CT molecular complexity index is 1000. The summed E-state index contributed by atoms with van der Waals surface area (Å²) in [5.41, 5.74) is 8.48. The molecule has 0 aliphatic carbocycles. The standard InChI is InChI=1S/C26H36O3.3ClH.Ti/c1-14-12-19(25(6,7)8)23(28)21(16(14)3)22-17(4)15(2)13-20(26(9,10)11)24(22)29-18(5)27;;;;/h12-13,28H,1-11H3;3*1H;/q;;;;+4/p-4. The number of hydrogen-bond acceptors (Lipinski definition) is 3. The van der Waals surface area contributed by atoms with E-state index < -0.39 is 0 Å². The van der Waals surface area contributed by atoms with E-state index in [4.69, 9.17) is 8.06 Å². The predicted molar refractivity (Wildman–Crippen MR) is 120 cm³/mol. The number of esters is 1. The van der Waals surface area contributed by atoms with Gasteiger partial charge < -0.3 is 37.2 Å². The average Bonchev–Trinajstić information content (AvgIpc) is 2.58. The van der Waals surface area contributed by atoms with Crippen LogP contribution in [0.25, 0.3) is 11.1 Å². The van der Waals surface area contributed by atoms with Crippen LogP contribution in [-0.2, 0) is 36.4 Å². The van der Waals surface area contributed by atoms with Crippen LogP contribution in [0.15, 0.2) is 12.1 Å². The second kappa shape index (κ2) is 12.3. The largest absolute Gasteiger partial charge is 1.00 e. The van der Waals surface area contributed by atoms with Gasteiger partial charge in [-0.3, -0.25) is 0 Å². The minimum Gasteiger partial charge on any atom is -1.00 e. The van der Waals surface area contributed by atoms with Crippen LogP contribution in [0.2, 0.25) is 0 Å². The van der Waals surface area contributed by atoms with Gasteiger partial charge in [-0.05, 0) is 0 Å². The van der Waals surface area contributed by atoms with Crippen LogP contribution < -0.4 is 45.3 Å². The molecule has 0 aliphatic rings. The quantitative estimate of drug-likeness (QED) is 0.252. The summed E-state index contributed by atoms with van der Waals surface area (Å²) in [5, 5.41) is 0. The molecule has 0 bridgehead atoms. The summed E-state index contributed by atoms with van der Waals surface area (Å²) in [6.45, 7) is 23.0. The second-order valence-corrected chi connectivity index (χ2v) is 10.7. The van der Waals surface area contributed by atoms with Gasteiger partial charge in [0, 0.05) is 0 Å². The zero-order valence-electron chi connectivity index (χ0n) is 21.5. The molecule has 2 rings (SSSR count). The van der Waals surface area contributed by atoms with Gasteiger partial charge in [0.15, 0.2) is 0 Å². The number of rotatable bonds is 3. The smallest absolute Gasteiger partial charge is 1.00 e. The number of aryl methyl sites for hydroxylation is 2. The maximum atomic E-state index is 12.2. The first kappa shape index (κ1) is 34.5. The fourth-order valence-corrected chi connectivity index (χ4v) is 4.19. The summed E-state index contributed by atoms with van der Waals surface area (Å²) in [5.74, 6) is 1.18. The van der Waals surface area contributed by atoms with Crippen LogP contribution in [0.5, 0.6) is 11.5 Å². The van der Waals surface area contributed by atoms with Crippen molar-refractivity contribution in [1.29, 1.82) is 0 Å². The third-order valence-electron chi connectivity index (χ3n) is 5.81. The molecule has 0 aliphatic heterocycles. The minimum atomic E-state index is -0.315. The van der Waals surface area contributed by atoms with Gasteiger partial charge in [-0.2, -0.15) is 0 Å². The van der Waals surface area contributed by atoms with Crippen LogP contribution in [-0.4, -0.2) is 5.97 Å². The Morgan fingerprint density at radius 2 is 1.06 bits per heavy atom. The number of benzene rings is 2. The third kappa shape index (κ3) is 7.15. The molecule has 0 N–H and O–H groups in total. The van der Waals surface area contributed by atoms with Crippen molar-refractivity contribution >= 4 is 5.97 Å². The molecule has 182 valence electrons. The van der Waals surface area contributed by atoms with Crippen molar-refractivity contribution in [2.24, 2.45) is 0 Å². The summed E-state index contributed by atoms with van der Waals surface area (Å²) in [6, 6.07) is 4.37. The molecule has 0 unspecified atom stereocenters. The Kier molecular flexibility index (Phi) is 12.9. The number of carbonyl (C=O) groups excluding carboxylic acids is 1. The molecule has 2 aromatic carbocycles. The van der Waals surface area contributed by atoms with Crippen molar-refractivity contribution in [3.05, 3.63) is 45.5 Å². The van der Waals surface area contributed by atoms with Crippen LogP contribution in [0.4, 0.5) is 0 Å². The number of ether oxygens (including phenoxy) is 1. The monoisotopic (exact) mass is 548 g/mol. The Labute approximate surface area is 230 Å². The maximum absolute atomic E-state index is 12.2. The third-order valence-corrected chi connectivity index (χ3v) is 6.13. The molecule has 0 saturated carbocycles.